The quantitative estimate of drug-likeness (QED) is 0.716. The molecule has 0 saturated carbocycles. The lowest BCUT2D eigenvalue weighted by Crippen LogP contribution is -1.87. The van der Waals surface area contributed by atoms with E-state index in [-0.39, 0.29) is 0 Å². The van der Waals surface area contributed by atoms with Crippen molar-refractivity contribution in [1.82, 2.24) is 0 Å². The van der Waals surface area contributed by atoms with Gasteiger partial charge in [0.1, 0.15) is 5.75 Å². The molecule has 0 heterocycles. The second kappa shape index (κ2) is 4.18. The highest BCUT2D eigenvalue weighted by Crippen LogP contribution is 2.29. The van der Waals surface area contributed by atoms with Crippen molar-refractivity contribution in [3.8, 4) is 16.9 Å². The van der Waals surface area contributed by atoms with E-state index in [4.69, 9.17) is 4.74 Å². The van der Waals surface area contributed by atoms with Gasteiger partial charge in [-0.1, -0.05) is 30.3 Å². The number of aryl methyl sites for hydroxylation is 1. The molecule has 0 unspecified atom stereocenters. The molecular weight excluding hydrogens is 184 g/mol. The lowest BCUT2D eigenvalue weighted by Gasteiger charge is -2.07. The van der Waals surface area contributed by atoms with E-state index < -0.39 is 0 Å². The van der Waals surface area contributed by atoms with Crippen molar-refractivity contribution in [3.63, 3.8) is 0 Å². The van der Waals surface area contributed by atoms with Crippen LogP contribution >= 0.6 is 0 Å². The minimum atomic E-state index is 0.898. The van der Waals surface area contributed by atoms with E-state index >= 15 is 0 Å². The van der Waals surface area contributed by atoms with Gasteiger partial charge in [0.15, 0.2) is 0 Å². The number of benzene rings is 2. The summed E-state index contributed by atoms with van der Waals surface area (Å²) in [6.45, 7) is 2.03. The average molecular weight is 197 g/mol. The Morgan fingerprint density at radius 1 is 1.07 bits per heavy atom. The van der Waals surface area contributed by atoms with Gasteiger partial charge in [-0.15, -0.1) is 0 Å². The van der Waals surface area contributed by atoms with Crippen LogP contribution in [0, 0.1) is 13.0 Å². The largest absolute Gasteiger partial charge is 0.496 e. The zero-order chi connectivity index (χ0) is 10.7. The van der Waals surface area contributed by atoms with Gasteiger partial charge >= 0.3 is 0 Å². The zero-order valence-corrected chi connectivity index (χ0v) is 8.95. The molecule has 0 N–H and O–H groups in total. The van der Waals surface area contributed by atoms with Crippen molar-refractivity contribution in [2.75, 3.05) is 7.11 Å². The SMILES string of the molecule is COc1ccccc1-c1c[c]c(C)cc1. The van der Waals surface area contributed by atoms with Gasteiger partial charge in [-0.05, 0) is 36.2 Å². The van der Waals surface area contributed by atoms with Crippen molar-refractivity contribution in [3.05, 3.63) is 54.1 Å². The first-order chi connectivity index (χ1) is 7.31. The van der Waals surface area contributed by atoms with E-state index in [0.29, 0.717) is 0 Å². The predicted molar refractivity (Wildman–Crippen MR) is 62.0 cm³/mol. The molecule has 2 aromatic rings. The van der Waals surface area contributed by atoms with Crippen LogP contribution in [-0.4, -0.2) is 7.11 Å². The third kappa shape index (κ3) is 2.01. The highest BCUT2D eigenvalue weighted by Gasteiger charge is 2.03. The number of methoxy groups -OCH3 is 1. The van der Waals surface area contributed by atoms with Crippen molar-refractivity contribution in [2.45, 2.75) is 6.92 Å². The molecule has 1 nitrogen and oxygen atoms in total. The van der Waals surface area contributed by atoms with Crippen LogP contribution < -0.4 is 4.74 Å². The van der Waals surface area contributed by atoms with E-state index in [2.05, 4.69) is 24.3 Å². The summed E-state index contributed by atoms with van der Waals surface area (Å²) in [6.07, 6.45) is 0. The molecule has 0 aliphatic heterocycles. The summed E-state index contributed by atoms with van der Waals surface area (Å²) in [5.74, 6) is 0.898. The molecule has 2 aromatic carbocycles. The fourth-order valence-electron chi connectivity index (χ4n) is 1.55. The molecule has 0 atom stereocenters. The maximum Gasteiger partial charge on any atom is 0.126 e. The number of ether oxygens (including phenoxy) is 1. The van der Waals surface area contributed by atoms with Gasteiger partial charge in [0, 0.05) is 5.56 Å². The van der Waals surface area contributed by atoms with Crippen molar-refractivity contribution in [2.24, 2.45) is 0 Å². The lowest BCUT2D eigenvalue weighted by molar-refractivity contribution is 0.416. The Bertz CT molecular complexity index is 443. The number of para-hydroxylation sites is 1. The second-order valence-electron chi connectivity index (χ2n) is 3.46. The van der Waals surface area contributed by atoms with Crippen LogP contribution in [-0.2, 0) is 0 Å². The standard InChI is InChI=1S/C14H13O/c1-11-7-9-12(10-8-11)13-5-3-4-6-14(13)15-2/h3-7,9-10H,1-2H3. The molecule has 0 saturated heterocycles. The molecule has 0 amide bonds. The summed E-state index contributed by atoms with van der Waals surface area (Å²) in [5.41, 5.74) is 3.39. The van der Waals surface area contributed by atoms with Crippen LogP contribution in [0.1, 0.15) is 5.56 Å². The Kier molecular flexibility index (Phi) is 2.72. The minimum absolute atomic E-state index is 0.898. The molecule has 0 fully saturated rings. The molecule has 1 radical (unpaired) electrons. The van der Waals surface area contributed by atoms with Crippen LogP contribution in [0.3, 0.4) is 0 Å². The van der Waals surface area contributed by atoms with Crippen LogP contribution in [0.15, 0.2) is 42.5 Å². The van der Waals surface area contributed by atoms with E-state index in [1.54, 1.807) is 7.11 Å². The predicted octanol–water partition coefficient (Wildman–Crippen LogP) is 3.47. The van der Waals surface area contributed by atoms with Gasteiger partial charge in [0.2, 0.25) is 0 Å². The van der Waals surface area contributed by atoms with Crippen LogP contribution in [0.5, 0.6) is 5.75 Å². The smallest absolute Gasteiger partial charge is 0.126 e. The third-order valence-electron chi connectivity index (χ3n) is 2.39. The molecule has 0 bridgehead atoms. The topological polar surface area (TPSA) is 9.23 Å². The van der Waals surface area contributed by atoms with Crippen LogP contribution in [0.4, 0.5) is 0 Å². The molecule has 2 rings (SSSR count). The van der Waals surface area contributed by atoms with Gasteiger partial charge < -0.3 is 4.74 Å². The van der Waals surface area contributed by atoms with E-state index in [1.165, 1.54) is 0 Å². The maximum absolute atomic E-state index is 5.32. The van der Waals surface area contributed by atoms with Crippen molar-refractivity contribution in [1.29, 1.82) is 0 Å². The fraction of sp³-hybridized carbons (Fsp3) is 0.143. The number of hydrogen-bond acceptors (Lipinski definition) is 1. The summed E-state index contributed by atoms with van der Waals surface area (Å²) in [7, 11) is 1.69. The summed E-state index contributed by atoms with van der Waals surface area (Å²) in [6, 6.07) is 17.3. The fourth-order valence-corrected chi connectivity index (χ4v) is 1.55. The summed E-state index contributed by atoms with van der Waals surface area (Å²) in [5, 5.41) is 0. The lowest BCUT2D eigenvalue weighted by atomic mass is 10.0. The molecule has 0 aliphatic rings. The Labute approximate surface area is 90.3 Å². The molecule has 0 aromatic heterocycles. The van der Waals surface area contributed by atoms with E-state index in [1.807, 2.05) is 31.2 Å². The first-order valence-electron chi connectivity index (χ1n) is 4.93. The van der Waals surface area contributed by atoms with Crippen LogP contribution in [0.25, 0.3) is 11.1 Å². The highest BCUT2D eigenvalue weighted by molar-refractivity contribution is 5.70. The van der Waals surface area contributed by atoms with E-state index in [0.717, 1.165) is 22.4 Å². The maximum atomic E-state index is 5.32. The monoisotopic (exact) mass is 197 g/mol. The van der Waals surface area contributed by atoms with Gasteiger partial charge in [0.25, 0.3) is 0 Å². The average Bonchev–Trinajstić information content (AvgIpc) is 2.30. The summed E-state index contributed by atoms with van der Waals surface area (Å²) >= 11 is 0. The van der Waals surface area contributed by atoms with Gasteiger partial charge in [0.05, 0.1) is 7.11 Å². The Balaban J connectivity index is 2.49. The van der Waals surface area contributed by atoms with E-state index in [9.17, 15) is 0 Å². The normalized spacial score (nSPS) is 10.0. The number of rotatable bonds is 2. The summed E-state index contributed by atoms with van der Waals surface area (Å²) in [4.78, 5) is 0. The Morgan fingerprint density at radius 3 is 2.53 bits per heavy atom. The van der Waals surface area contributed by atoms with Gasteiger partial charge in [-0.2, -0.15) is 0 Å². The molecule has 0 aliphatic carbocycles. The molecule has 75 valence electrons. The zero-order valence-electron chi connectivity index (χ0n) is 8.95. The third-order valence-corrected chi connectivity index (χ3v) is 2.39. The van der Waals surface area contributed by atoms with Crippen molar-refractivity contribution >= 4 is 0 Å². The molecule has 0 spiro atoms. The minimum Gasteiger partial charge on any atom is -0.496 e. The summed E-state index contributed by atoms with van der Waals surface area (Å²) < 4.78 is 5.32. The second-order valence-corrected chi connectivity index (χ2v) is 3.46. The number of hydrogen-bond donors (Lipinski definition) is 0. The molecule has 15 heavy (non-hydrogen) atoms. The first-order valence-corrected chi connectivity index (χ1v) is 4.93. The Morgan fingerprint density at radius 2 is 1.87 bits per heavy atom. The Hall–Kier alpha value is -1.76. The first kappa shape index (κ1) is 9.78. The highest BCUT2D eigenvalue weighted by atomic mass is 16.5. The van der Waals surface area contributed by atoms with Crippen molar-refractivity contribution < 1.29 is 4.74 Å². The van der Waals surface area contributed by atoms with Gasteiger partial charge in [-0.25, -0.2) is 0 Å². The molecular formula is C14H13O. The molecule has 1 heteroatoms. The van der Waals surface area contributed by atoms with Crippen LogP contribution in [0.2, 0.25) is 0 Å². The van der Waals surface area contributed by atoms with Gasteiger partial charge in [-0.3, -0.25) is 0 Å².